The summed E-state index contributed by atoms with van der Waals surface area (Å²) >= 11 is 1.62. The van der Waals surface area contributed by atoms with Gasteiger partial charge in [-0.1, -0.05) is 6.07 Å². The highest BCUT2D eigenvalue weighted by Gasteiger charge is 2.27. The number of hydrogen-bond donors (Lipinski definition) is 1. The minimum Gasteiger partial charge on any atom is -0.481 e. The van der Waals surface area contributed by atoms with Crippen LogP contribution in [0.25, 0.3) is 0 Å². The lowest BCUT2D eigenvalue weighted by molar-refractivity contribution is -0.143. The standard InChI is InChI=1S/C14H20N2O4S/c1-15(8-12-3-2-6-21-12)13(17)9-16-4-5-20-10-11(16)7-14(18)19/h2-3,6,11H,4-5,7-10H2,1H3,(H,18,19). The fraction of sp³-hybridized carbons (Fsp3) is 0.571. The van der Waals surface area contributed by atoms with Crippen LogP contribution in [-0.2, 0) is 20.9 Å². The Morgan fingerprint density at radius 2 is 2.38 bits per heavy atom. The van der Waals surface area contributed by atoms with Gasteiger partial charge in [0.15, 0.2) is 0 Å². The van der Waals surface area contributed by atoms with E-state index in [-0.39, 0.29) is 24.9 Å². The molecule has 0 aromatic carbocycles. The average Bonchev–Trinajstić information content (AvgIpc) is 2.93. The summed E-state index contributed by atoms with van der Waals surface area (Å²) in [5.74, 6) is -0.865. The molecule has 0 bridgehead atoms. The second-order valence-corrected chi connectivity index (χ2v) is 6.16. The molecule has 1 unspecified atom stereocenters. The Hall–Kier alpha value is -1.44. The second kappa shape index (κ2) is 7.53. The number of morpholine rings is 1. The van der Waals surface area contributed by atoms with Crippen LogP contribution in [0.2, 0.25) is 0 Å². The van der Waals surface area contributed by atoms with E-state index in [1.807, 2.05) is 22.4 Å². The van der Waals surface area contributed by atoms with E-state index in [1.54, 1.807) is 23.3 Å². The first-order valence-corrected chi connectivity index (χ1v) is 7.74. The number of carbonyl (C=O) groups excluding carboxylic acids is 1. The van der Waals surface area contributed by atoms with Gasteiger partial charge in [-0.15, -0.1) is 11.3 Å². The Morgan fingerprint density at radius 1 is 1.57 bits per heavy atom. The third-order valence-corrected chi connectivity index (χ3v) is 4.36. The van der Waals surface area contributed by atoms with E-state index < -0.39 is 5.97 Å². The van der Waals surface area contributed by atoms with E-state index in [2.05, 4.69) is 0 Å². The van der Waals surface area contributed by atoms with Crippen molar-refractivity contribution in [3.05, 3.63) is 22.4 Å². The molecular weight excluding hydrogens is 292 g/mol. The number of ether oxygens (including phenoxy) is 1. The fourth-order valence-electron chi connectivity index (χ4n) is 2.31. The van der Waals surface area contributed by atoms with Crippen LogP contribution >= 0.6 is 11.3 Å². The summed E-state index contributed by atoms with van der Waals surface area (Å²) < 4.78 is 5.31. The maximum Gasteiger partial charge on any atom is 0.305 e. The molecule has 2 rings (SSSR count). The van der Waals surface area contributed by atoms with Gasteiger partial charge in [-0.3, -0.25) is 14.5 Å². The molecule has 1 aromatic heterocycles. The Balaban J connectivity index is 1.88. The zero-order chi connectivity index (χ0) is 15.2. The molecule has 1 amide bonds. The van der Waals surface area contributed by atoms with Crippen molar-refractivity contribution in [3.63, 3.8) is 0 Å². The van der Waals surface area contributed by atoms with Crippen molar-refractivity contribution in [3.8, 4) is 0 Å². The van der Waals surface area contributed by atoms with Crippen LogP contribution in [0.4, 0.5) is 0 Å². The van der Waals surface area contributed by atoms with E-state index in [9.17, 15) is 9.59 Å². The topological polar surface area (TPSA) is 70.1 Å². The molecule has 2 heterocycles. The van der Waals surface area contributed by atoms with E-state index >= 15 is 0 Å². The quantitative estimate of drug-likeness (QED) is 0.844. The fourth-order valence-corrected chi connectivity index (χ4v) is 3.06. The smallest absolute Gasteiger partial charge is 0.305 e. The predicted molar refractivity (Wildman–Crippen MR) is 79.2 cm³/mol. The number of amides is 1. The van der Waals surface area contributed by atoms with Crippen molar-refractivity contribution in [2.45, 2.75) is 19.0 Å². The predicted octanol–water partition coefficient (Wildman–Crippen LogP) is 0.882. The van der Waals surface area contributed by atoms with Gasteiger partial charge in [0.2, 0.25) is 5.91 Å². The zero-order valence-corrected chi connectivity index (χ0v) is 12.8. The molecule has 1 atom stereocenters. The second-order valence-electron chi connectivity index (χ2n) is 5.13. The molecule has 1 saturated heterocycles. The monoisotopic (exact) mass is 312 g/mol. The Labute approximate surface area is 127 Å². The van der Waals surface area contributed by atoms with Crippen LogP contribution < -0.4 is 0 Å². The van der Waals surface area contributed by atoms with Gasteiger partial charge < -0.3 is 14.7 Å². The Kier molecular flexibility index (Phi) is 5.72. The molecular formula is C14H20N2O4S. The lowest BCUT2D eigenvalue weighted by atomic mass is 10.1. The van der Waals surface area contributed by atoms with Crippen LogP contribution in [-0.4, -0.2) is 66.2 Å². The number of thiophene rings is 1. The molecule has 1 fully saturated rings. The molecule has 21 heavy (non-hydrogen) atoms. The van der Waals surface area contributed by atoms with Crippen LogP contribution in [0, 0.1) is 0 Å². The molecule has 0 radical (unpaired) electrons. The number of hydrogen-bond acceptors (Lipinski definition) is 5. The average molecular weight is 312 g/mol. The molecule has 6 nitrogen and oxygen atoms in total. The highest BCUT2D eigenvalue weighted by Crippen LogP contribution is 2.13. The Bertz CT molecular complexity index is 477. The summed E-state index contributed by atoms with van der Waals surface area (Å²) in [5, 5.41) is 10.9. The summed E-state index contributed by atoms with van der Waals surface area (Å²) in [6.07, 6.45) is 0.00190. The summed E-state index contributed by atoms with van der Waals surface area (Å²) in [6, 6.07) is 3.73. The highest BCUT2D eigenvalue weighted by atomic mass is 32.1. The van der Waals surface area contributed by atoms with Crippen molar-refractivity contribution < 1.29 is 19.4 Å². The van der Waals surface area contributed by atoms with Gasteiger partial charge in [-0.2, -0.15) is 0 Å². The first-order valence-electron chi connectivity index (χ1n) is 6.86. The SMILES string of the molecule is CN(Cc1cccs1)C(=O)CN1CCOCC1CC(=O)O. The first-order chi connectivity index (χ1) is 10.1. The van der Waals surface area contributed by atoms with Crippen molar-refractivity contribution in [1.29, 1.82) is 0 Å². The van der Waals surface area contributed by atoms with E-state index in [0.717, 1.165) is 4.88 Å². The number of carboxylic acid groups (broad SMARTS) is 1. The lowest BCUT2D eigenvalue weighted by Gasteiger charge is -2.35. The molecule has 1 aliphatic heterocycles. The molecule has 0 saturated carbocycles. The molecule has 0 aliphatic carbocycles. The summed E-state index contributed by atoms with van der Waals surface area (Å²) in [6.45, 7) is 2.33. The summed E-state index contributed by atoms with van der Waals surface area (Å²) in [5.41, 5.74) is 0. The zero-order valence-electron chi connectivity index (χ0n) is 12.0. The molecule has 1 aromatic rings. The third-order valence-electron chi connectivity index (χ3n) is 3.50. The van der Waals surface area contributed by atoms with Gasteiger partial charge in [-0.05, 0) is 11.4 Å². The number of likely N-dealkylation sites (N-methyl/N-ethyl adjacent to an activating group) is 1. The van der Waals surface area contributed by atoms with Crippen LogP contribution in [0.15, 0.2) is 17.5 Å². The number of carbonyl (C=O) groups is 2. The van der Waals surface area contributed by atoms with E-state index in [4.69, 9.17) is 9.84 Å². The number of aliphatic carboxylic acids is 1. The third kappa shape index (κ3) is 4.80. The minimum absolute atomic E-state index is 0.000638. The van der Waals surface area contributed by atoms with Gasteiger partial charge in [0.1, 0.15) is 0 Å². The maximum atomic E-state index is 12.3. The number of carboxylic acids is 1. The molecule has 0 spiro atoms. The van der Waals surface area contributed by atoms with E-state index in [0.29, 0.717) is 26.3 Å². The van der Waals surface area contributed by atoms with Gasteiger partial charge in [0.25, 0.3) is 0 Å². The normalized spacial score (nSPS) is 19.4. The van der Waals surface area contributed by atoms with Crippen LogP contribution in [0.5, 0.6) is 0 Å². The van der Waals surface area contributed by atoms with Gasteiger partial charge in [0, 0.05) is 24.5 Å². The number of rotatable bonds is 6. The largest absolute Gasteiger partial charge is 0.481 e. The Morgan fingerprint density at radius 3 is 3.05 bits per heavy atom. The van der Waals surface area contributed by atoms with Crippen molar-refractivity contribution in [2.24, 2.45) is 0 Å². The van der Waals surface area contributed by atoms with Gasteiger partial charge in [-0.25, -0.2) is 0 Å². The van der Waals surface area contributed by atoms with Crippen LogP contribution in [0.1, 0.15) is 11.3 Å². The lowest BCUT2D eigenvalue weighted by Crippen LogP contribution is -2.50. The van der Waals surface area contributed by atoms with Crippen molar-refractivity contribution >= 4 is 23.2 Å². The molecule has 7 heteroatoms. The van der Waals surface area contributed by atoms with Crippen molar-refractivity contribution in [2.75, 3.05) is 33.4 Å². The maximum absolute atomic E-state index is 12.3. The number of nitrogens with zero attached hydrogens (tertiary/aromatic N) is 2. The summed E-state index contributed by atoms with van der Waals surface area (Å²) in [4.78, 5) is 27.9. The molecule has 1 N–H and O–H groups in total. The first kappa shape index (κ1) is 15.9. The van der Waals surface area contributed by atoms with Gasteiger partial charge in [0.05, 0.1) is 32.7 Å². The summed E-state index contributed by atoms with van der Waals surface area (Å²) in [7, 11) is 1.77. The van der Waals surface area contributed by atoms with Crippen molar-refractivity contribution in [1.82, 2.24) is 9.80 Å². The molecule has 1 aliphatic rings. The molecule has 116 valence electrons. The van der Waals surface area contributed by atoms with E-state index in [1.165, 1.54) is 0 Å². The van der Waals surface area contributed by atoms with Gasteiger partial charge >= 0.3 is 5.97 Å². The highest BCUT2D eigenvalue weighted by molar-refractivity contribution is 7.09. The minimum atomic E-state index is -0.866. The van der Waals surface area contributed by atoms with Crippen LogP contribution in [0.3, 0.4) is 0 Å².